The van der Waals surface area contributed by atoms with Crippen LogP contribution in [0.4, 0.5) is 23.1 Å². The van der Waals surface area contributed by atoms with E-state index in [4.69, 9.17) is 4.52 Å². The average molecular weight is 316 g/mol. The molecule has 8 heteroatoms. The molecule has 0 aliphatic carbocycles. The number of aryl methyl sites for hydroxylation is 2. The molecule has 0 saturated carbocycles. The van der Waals surface area contributed by atoms with Crippen LogP contribution in [0.25, 0.3) is 0 Å². The standard InChI is InChI=1S/C15H20N6O2/c1-5-7(2)11-15(22)20-12-13(16-9(4)17-14(12)19-11)18-10-6-8(3)23-21-10/h6-7,11H,5H2,1-4H3,(H,20,22)(H2,16,17,18,19,21). The van der Waals surface area contributed by atoms with Gasteiger partial charge in [0.25, 0.3) is 0 Å². The largest absolute Gasteiger partial charge is 0.360 e. The molecule has 23 heavy (non-hydrogen) atoms. The van der Waals surface area contributed by atoms with E-state index in [1.54, 1.807) is 19.9 Å². The number of amides is 1. The summed E-state index contributed by atoms with van der Waals surface area (Å²) in [5.74, 6) is 3.03. The van der Waals surface area contributed by atoms with Crippen molar-refractivity contribution in [3.05, 3.63) is 17.7 Å². The third kappa shape index (κ3) is 2.96. The van der Waals surface area contributed by atoms with Crippen LogP contribution in [0.15, 0.2) is 10.6 Å². The van der Waals surface area contributed by atoms with Gasteiger partial charge in [0.2, 0.25) is 5.91 Å². The van der Waals surface area contributed by atoms with Gasteiger partial charge >= 0.3 is 0 Å². The number of hydrogen-bond donors (Lipinski definition) is 3. The maximum absolute atomic E-state index is 12.4. The van der Waals surface area contributed by atoms with E-state index in [1.807, 2.05) is 6.92 Å². The molecule has 3 rings (SSSR count). The molecule has 2 atom stereocenters. The van der Waals surface area contributed by atoms with Gasteiger partial charge in [-0.3, -0.25) is 4.79 Å². The third-order valence-corrected chi connectivity index (χ3v) is 3.93. The fourth-order valence-electron chi connectivity index (χ4n) is 2.48. The lowest BCUT2D eigenvalue weighted by molar-refractivity contribution is -0.118. The van der Waals surface area contributed by atoms with Crippen LogP contribution in [0.3, 0.4) is 0 Å². The Morgan fingerprint density at radius 3 is 2.83 bits per heavy atom. The van der Waals surface area contributed by atoms with Crippen LogP contribution in [0.1, 0.15) is 31.9 Å². The Kier molecular flexibility index (Phi) is 3.89. The van der Waals surface area contributed by atoms with Gasteiger partial charge in [-0.1, -0.05) is 25.4 Å². The highest BCUT2D eigenvalue weighted by atomic mass is 16.5. The Morgan fingerprint density at radius 1 is 1.39 bits per heavy atom. The number of rotatable bonds is 4. The first-order chi connectivity index (χ1) is 11.0. The fourth-order valence-corrected chi connectivity index (χ4v) is 2.48. The van der Waals surface area contributed by atoms with Gasteiger partial charge in [0.15, 0.2) is 17.5 Å². The summed E-state index contributed by atoms with van der Waals surface area (Å²) in [5, 5.41) is 13.1. The number of anilines is 4. The number of carbonyl (C=O) groups is 1. The molecule has 0 spiro atoms. The van der Waals surface area contributed by atoms with Crippen molar-refractivity contribution >= 4 is 29.0 Å². The average Bonchev–Trinajstić information content (AvgIpc) is 2.91. The molecular weight excluding hydrogens is 296 g/mol. The second kappa shape index (κ2) is 5.86. The molecule has 0 radical (unpaired) electrons. The predicted octanol–water partition coefficient (Wildman–Crippen LogP) is 2.60. The Hall–Kier alpha value is -2.64. The number of hydrogen-bond acceptors (Lipinski definition) is 7. The summed E-state index contributed by atoms with van der Waals surface area (Å²) in [5.41, 5.74) is 0.529. The van der Waals surface area contributed by atoms with Crippen molar-refractivity contribution in [1.29, 1.82) is 0 Å². The molecule has 1 amide bonds. The van der Waals surface area contributed by atoms with Gasteiger partial charge in [0.05, 0.1) is 0 Å². The van der Waals surface area contributed by atoms with Crippen molar-refractivity contribution in [2.24, 2.45) is 5.92 Å². The highest BCUT2D eigenvalue weighted by molar-refractivity contribution is 6.05. The first kappa shape index (κ1) is 15.3. The first-order valence-electron chi connectivity index (χ1n) is 7.64. The SMILES string of the molecule is CCC(C)C1Nc2nc(C)nc(Nc3cc(C)on3)c2NC1=O. The van der Waals surface area contributed by atoms with E-state index < -0.39 is 0 Å². The normalized spacial score (nSPS) is 17.9. The van der Waals surface area contributed by atoms with Gasteiger partial charge in [-0.25, -0.2) is 9.97 Å². The van der Waals surface area contributed by atoms with E-state index in [-0.39, 0.29) is 17.9 Å². The summed E-state index contributed by atoms with van der Waals surface area (Å²) in [6, 6.07) is 1.45. The lowest BCUT2D eigenvalue weighted by Crippen LogP contribution is -2.43. The molecule has 2 unspecified atom stereocenters. The summed E-state index contributed by atoms with van der Waals surface area (Å²) in [7, 11) is 0. The lowest BCUT2D eigenvalue weighted by Gasteiger charge is -2.30. The van der Waals surface area contributed by atoms with Crippen LogP contribution in [0.5, 0.6) is 0 Å². The molecule has 1 aliphatic rings. The molecule has 0 bridgehead atoms. The van der Waals surface area contributed by atoms with Crippen LogP contribution in [-0.4, -0.2) is 27.1 Å². The van der Waals surface area contributed by atoms with Crippen molar-refractivity contribution in [2.45, 2.75) is 40.2 Å². The minimum absolute atomic E-state index is 0.0845. The maximum atomic E-state index is 12.4. The Bertz CT molecular complexity index is 742. The topological polar surface area (TPSA) is 105 Å². The number of fused-ring (bicyclic) bond motifs is 1. The summed E-state index contributed by atoms with van der Waals surface area (Å²) >= 11 is 0. The second-order valence-corrected chi connectivity index (χ2v) is 5.79. The van der Waals surface area contributed by atoms with E-state index >= 15 is 0 Å². The summed E-state index contributed by atoms with van der Waals surface area (Å²) in [4.78, 5) is 21.1. The van der Waals surface area contributed by atoms with Crippen molar-refractivity contribution in [1.82, 2.24) is 15.1 Å². The highest BCUT2D eigenvalue weighted by Gasteiger charge is 2.32. The van der Waals surface area contributed by atoms with Crippen LogP contribution in [-0.2, 0) is 4.79 Å². The first-order valence-corrected chi connectivity index (χ1v) is 7.64. The molecule has 2 aromatic rings. The molecule has 0 fully saturated rings. The molecule has 3 N–H and O–H groups in total. The van der Waals surface area contributed by atoms with E-state index in [2.05, 4.69) is 38.0 Å². The van der Waals surface area contributed by atoms with Gasteiger partial charge in [-0.15, -0.1) is 0 Å². The van der Waals surface area contributed by atoms with Gasteiger partial charge in [0, 0.05) is 6.07 Å². The molecule has 8 nitrogen and oxygen atoms in total. The summed E-state index contributed by atoms with van der Waals surface area (Å²) in [6.07, 6.45) is 0.897. The van der Waals surface area contributed by atoms with Crippen molar-refractivity contribution < 1.29 is 9.32 Å². The molecule has 2 aromatic heterocycles. The molecule has 0 saturated heterocycles. The van der Waals surface area contributed by atoms with Gasteiger partial charge in [-0.2, -0.15) is 0 Å². The van der Waals surface area contributed by atoms with Crippen molar-refractivity contribution in [3.63, 3.8) is 0 Å². The summed E-state index contributed by atoms with van der Waals surface area (Å²) < 4.78 is 5.04. The Labute approximate surface area is 134 Å². The van der Waals surface area contributed by atoms with Gasteiger partial charge < -0.3 is 20.5 Å². The zero-order valence-corrected chi connectivity index (χ0v) is 13.6. The molecule has 1 aliphatic heterocycles. The summed E-state index contributed by atoms with van der Waals surface area (Å²) in [6.45, 7) is 7.70. The fraction of sp³-hybridized carbons (Fsp3) is 0.467. The predicted molar refractivity (Wildman–Crippen MR) is 86.8 cm³/mol. The number of aromatic nitrogens is 3. The highest BCUT2D eigenvalue weighted by Crippen LogP contribution is 2.34. The van der Waals surface area contributed by atoms with Crippen LogP contribution < -0.4 is 16.0 Å². The molecule has 122 valence electrons. The van der Waals surface area contributed by atoms with Crippen LogP contribution >= 0.6 is 0 Å². The monoisotopic (exact) mass is 316 g/mol. The Morgan fingerprint density at radius 2 is 2.17 bits per heavy atom. The molecular formula is C15H20N6O2. The number of nitrogens with zero attached hydrogens (tertiary/aromatic N) is 3. The van der Waals surface area contributed by atoms with Crippen LogP contribution in [0, 0.1) is 19.8 Å². The van der Waals surface area contributed by atoms with Crippen molar-refractivity contribution in [2.75, 3.05) is 16.0 Å². The number of nitrogens with one attached hydrogen (secondary N) is 3. The zero-order valence-electron chi connectivity index (χ0n) is 13.6. The number of carbonyl (C=O) groups excluding carboxylic acids is 1. The second-order valence-electron chi connectivity index (χ2n) is 5.79. The minimum atomic E-state index is -0.302. The molecule has 0 aromatic carbocycles. The van der Waals surface area contributed by atoms with E-state index in [0.717, 1.165) is 6.42 Å². The van der Waals surface area contributed by atoms with Crippen LogP contribution in [0.2, 0.25) is 0 Å². The lowest BCUT2D eigenvalue weighted by atomic mass is 9.97. The van der Waals surface area contributed by atoms with E-state index in [9.17, 15) is 4.79 Å². The minimum Gasteiger partial charge on any atom is -0.360 e. The maximum Gasteiger partial charge on any atom is 0.247 e. The van der Waals surface area contributed by atoms with E-state index in [1.165, 1.54) is 0 Å². The zero-order chi connectivity index (χ0) is 16.6. The molecule has 3 heterocycles. The van der Waals surface area contributed by atoms with Gasteiger partial charge in [-0.05, 0) is 19.8 Å². The van der Waals surface area contributed by atoms with Crippen molar-refractivity contribution in [3.8, 4) is 0 Å². The van der Waals surface area contributed by atoms with Gasteiger partial charge in [0.1, 0.15) is 23.3 Å². The third-order valence-electron chi connectivity index (χ3n) is 3.93. The Balaban J connectivity index is 1.95. The van der Waals surface area contributed by atoms with E-state index in [0.29, 0.717) is 34.7 Å². The quantitative estimate of drug-likeness (QED) is 0.796. The smallest absolute Gasteiger partial charge is 0.247 e.